The largest absolute Gasteiger partial charge is 0.381 e. The first-order valence-corrected chi connectivity index (χ1v) is 5.97. The Bertz CT molecular complexity index is 342. The zero-order chi connectivity index (χ0) is 10.8. The Morgan fingerprint density at radius 2 is 2.06 bits per heavy atom. The zero-order valence-electron chi connectivity index (χ0n) is 9.35. The van der Waals surface area contributed by atoms with Crippen molar-refractivity contribution in [2.24, 2.45) is 0 Å². The van der Waals surface area contributed by atoms with Gasteiger partial charge in [-0.25, -0.2) is 4.98 Å². The fraction of sp³-hybridized carbons (Fsp3) is 0.583. The van der Waals surface area contributed by atoms with E-state index in [-0.39, 0.29) is 0 Å². The highest BCUT2D eigenvalue weighted by molar-refractivity contribution is 5.49. The summed E-state index contributed by atoms with van der Waals surface area (Å²) in [5.74, 6) is 1.06. The number of morpholine rings is 1. The number of ether oxygens (including phenoxy) is 1. The van der Waals surface area contributed by atoms with Gasteiger partial charge in [-0.2, -0.15) is 0 Å². The van der Waals surface area contributed by atoms with Gasteiger partial charge < -0.3 is 15.0 Å². The summed E-state index contributed by atoms with van der Waals surface area (Å²) in [7, 11) is 0. The Morgan fingerprint density at radius 1 is 1.25 bits per heavy atom. The van der Waals surface area contributed by atoms with Gasteiger partial charge in [-0.05, 0) is 25.0 Å². The second-order valence-corrected chi connectivity index (χ2v) is 4.42. The van der Waals surface area contributed by atoms with Crippen LogP contribution in [0, 0.1) is 0 Å². The molecule has 0 amide bonds. The third-order valence-corrected chi connectivity index (χ3v) is 3.03. The van der Waals surface area contributed by atoms with E-state index in [4.69, 9.17) is 4.74 Å². The summed E-state index contributed by atoms with van der Waals surface area (Å²) in [5.41, 5.74) is 1.14. The van der Waals surface area contributed by atoms with Crippen molar-refractivity contribution >= 4 is 11.5 Å². The van der Waals surface area contributed by atoms with E-state index >= 15 is 0 Å². The Hall–Kier alpha value is -1.29. The van der Waals surface area contributed by atoms with Crippen molar-refractivity contribution in [3.05, 3.63) is 18.3 Å². The van der Waals surface area contributed by atoms with Gasteiger partial charge in [0.2, 0.25) is 0 Å². The summed E-state index contributed by atoms with van der Waals surface area (Å²) in [6.45, 7) is 3.51. The van der Waals surface area contributed by atoms with Crippen LogP contribution in [0.4, 0.5) is 11.5 Å². The SMILES string of the molecule is c1cc(N2CCOCC2)ncc1NC1CC1. The molecule has 4 heteroatoms. The Labute approximate surface area is 95.6 Å². The fourth-order valence-corrected chi connectivity index (χ4v) is 1.91. The third kappa shape index (κ3) is 2.27. The summed E-state index contributed by atoms with van der Waals surface area (Å²) in [4.78, 5) is 6.76. The van der Waals surface area contributed by atoms with Gasteiger partial charge in [-0.3, -0.25) is 0 Å². The number of pyridine rings is 1. The minimum atomic E-state index is 0.691. The van der Waals surface area contributed by atoms with Gasteiger partial charge in [0.1, 0.15) is 5.82 Å². The van der Waals surface area contributed by atoms with E-state index < -0.39 is 0 Å². The van der Waals surface area contributed by atoms with Crippen molar-refractivity contribution in [3.8, 4) is 0 Å². The second kappa shape index (κ2) is 4.29. The lowest BCUT2D eigenvalue weighted by atomic mass is 10.3. The average Bonchev–Trinajstić information content (AvgIpc) is 3.15. The summed E-state index contributed by atoms with van der Waals surface area (Å²) >= 11 is 0. The molecule has 1 aliphatic heterocycles. The van der Waals surface area contributed by atoms with Crippen molar-refractivity contribution in [3.63, 3.8) is 0 Å². The fourth-order valence-electron chi connectivity index (χ4n) is 1.91. The van der Waals surface area contributed by atoms with Crippen molar-refractivity contribution in [2.45, 2.75) is 18.9 Å². The molecule has 1 aromatic heterocycles. The predicted molar refractivity (Wildman–Crippen MR) is 63.9 cm³/mol. The van der Waals surface area contributed by atoms with Gasteiger partial charge in [0.25, 0.3) is 0 Å². The average molecular weight is 219 g/mol. The van der Waals surface area contributed by atoms with Crippen LogP contribution in [0.15, 0.2) is 18.3 Å². The van der Waals surface area contributed by atoms with Crippen LogP contribution in [0.5, 0.6) is 0 Å². The van der Waals surface area contributed by atoms with E-state index in [9.17, 15) is 0 Å². The first kappa shape index (κ1) is 9.90. The molecule has 0 aromatic carbocycles. The summed E-state index contributed by atoms with van der Waals surface area (Å²) in [5, 5.41) is 3.44. The molecule has 0 radical (unpaired) electrons. The number of anilines is 2. The van der Waals surface area contributed by atoms with Crippen LogP contribution in [0.3, 0.4) is 0 Å². The van der Waals surface area contributed by atoms with E-state index in [0.717, 1.165) is 37.8 Å². The lowest BCUT2D eigenvalue weighted by Gasteiger charge is -2.27. The third-order valence-electron chi connectivity index (χ3n) is 3.03. The maximum absolute atomic E-state index is 5.32. The molecule has 2 aliphatic rings. The predicted octanol–water partition coefficient (Wildman–Crippen LogP) is 1.49. The van der Waals surface area contributed by atoms with E-state index in [0.29, 0.717) is 6.04 Å². The maximum atomic E-state index is 5.32. The van der Waals surface area contributed by atoms with E-state index in [2.05, 4.69) is 27.3 Å². The molecule has 0 atom stereocenters. The maximum Gasteiger partial charge on any atom is 0.128 e. The molecule has 0 unspecified atom stereocenters. The summed E-state index contributed by atoms with van der Waals surface area (Å²) < 4.78 is 5.32. The highest BCUT2D eigenvalue weighted by Gasteiger charge is 2.20. The number of nitrogens with one attached hydrogen (secondary N) is 1. The van der Waals surface area contributed by atoms with Crippen LogP contribution < -0.4 is 10.2 Å². The Morgan fingerprint density at radius 3 is 2.69 bits per heavy atom. The van der Waals surface area contributed by atoms with Crippen molar-refractivity contribution in [1.82, 2.24) is 4.98 Å². The molecule has 3 rings (SSSR count). The van der Waals surface area contributed by atoms with Crippen molar-refractivity contribution in [1.29, 1.82) is 0 Å². The highest BCUT2D eigenvalue weighted by Crippen LogP contribution is 2.25. The molecular weight excluding hydrogens is 202 g/mol. The monoisotopic (exact) mass is 219 g/mol. The Balaban J connectivity index is 1.65. The second-order valence-electron chi connectivity index (χ2n) is 4.42. The van der Waals surface area contributed by atoms with E-state index in [1.807, 2.05) is 6.20 Å². The molecule has 1 aliphatic carbocycles. The first-order chi connectivity index (χ1) is 7.92. The molecule has 86 valence electrons. The van der Waals surface area contributed by atoms with Gasteiger partial charge in [-0.15, -0.1) is 0 Å². The molecule has 4 nitrogen and oxygen atoms in total. The molecule has 2 fully saturated rings. The van der Waals surface area contributed by atoms with E-state index in [1.54, 1.807) is 0 Å². The molecule has 1 N–H and O–H groups in total. The topological polar surface area (TPSA) is 37.4 Å². The van der Waals surface area contributed by atoms with Crippen LogP contribution >= 0.6 is 0 Å². The van der Waals surface area contributed by atoms with Crippen molar-refractivity contribution < 1.29 is 4.74 Å². The minimum Gasteiger partial charge on any atom is -0.381 e. The van der Waals surface area contributed by atoms with Gasteiger partial charge in [-0.1, -0.05) is 0 Å². The molecule has 2 heterocycles. The van der Waals surface area contributed by atoms with Crippen molar-refractivity contribution in [2.75, 3.05) is 36.5 Å². The lowest BCUT2D eigenvalue weighted by Crippen LogP contribution is -2.36. The van der Waals surface area contributed by atoms with Crippen LogP contribution in [0.25, 0.3) is 0 Å². The Kier molecular flexibility index (Phi) is 2.66. The van der Waals surface area contributed by atoms with Crippen LogP contribution in [0.2, 0.25) is 0 Å². The first-order valence-electron chi connectivity index (χ1n) is 5.97. The van der Waals surface area contributed by atoms with Gasteiger partial charge in [0, 0.05) is 19.1 Å². The normalized spacial score (nSPS) is 20.9. The van der Waals surface area contributed by atoms with Gasteiger partial charge in [0.05, 0.1) is 25.1 Å². The molecule has 1 saturated heterocycles. The molecule has 0 bridgehead atoms. The summed E-state index contributed by atoms with van der Waals surface area (Å²) in [6.07, 6.45) is 4.53. The van der Waals surface area contributed by atoms with Crippen LogP contribution in [-0.2, 0) is 4.74 Å². The number of nitrogens with zero attached hydrogens (tertiary/aromatic N) is 2. The quantitative estimate of drug-likeness (QED) is 0.836. The molecule has 1 saturated carbocycles. The minimum absolute atomic E-state index is 0.691. The zero-order valence-corrected chi connectivity index (χ0v) is 9.35. The van der Waals surface area contributed by atoms with Gasteiger partial charge >= 0.3 is 0 Å². The molecule has 16 heavy (non-hydrogen) atoms. The standard InChI is InChI=1S/C12H17N3O/c1-2-10(1)14-11-3-4-12(13-9-11)15-5-7-16-8-6-15/h3-4,9-10,14H,1-2,5-8H2. The number of aromatic nitrogens is 1. The lowest BCUT2D eigenvalue weighted by molar-refractivity contribution is 0.122. The van der Waals surface area contributed by atoms with E-state index in [1.165, 1.54) is 12.8 Å². The number of hydrogen-bond acceptors (Lipinski definition) is 4. The molecule has 1 aromatic rings. The van der Waals surface area contributed by atoms with Crippen LogP contribution in [-0.4, -0.2) is 37.3 Å². The molecular formula is C12H17N3O. The number of rotatable bonds is 3. The summed E-state index contributed by atoms with van der Waals surface area (Å²) in [6, 6.07) is 4.91. The van der Waals surface area contributed by atoms with Gasteiger partial charge in [0.15, 0.2) is 0 Å². The number of hydrogen-bond donors (Lipinski definition) is 1. The molecule has 0 spiro atoms. The smallest absolute Gasteiger partial charge is 0.128 e. The van der Waals surface area contributed by atoms with Crippen LogP contribution in [0.1, 0.15) is 12.8 Å². The highest BCUT2D eigenvalue weighted by atomic mass is 16.5.